The Hall–Kier alpha value is -1.69. The predicted octanol–water partition coefficient (Wildman–Crippen LogP) is 3.54. The number of cyclic esters (lactones) is 1. The minimum Gasteiger partial charge on any atom is -0.465 e. The Labute approximate surface area is 155 Å². The number of ketones is 1. The Bertz CT molecular complexity index is 754. The van der Waals surface area contributed by atoms with Gasteiger partial charge in [-0.3, -0.25) is 14.4 Å². The standard InChI is InChI=1S/C19H21BrO5/c1-5-18(13(21)11-7-9-12(20)10-8-11)14-17(3,4)25-16(23)19(14,18)15(22)24-6-2/h7-10,14H,5-6H2,1-4H3/t14-,18-,19+/m1/s1. The maximum atomic E-state index is 13.4. The maximum absolute atomic E-state index is 13.4. The number of carbonyl (C=O) groups excluding carboxylic acids is 3. The summed E-state index contributed by atoms with van der Waals surface area (Å²) >= 11 is 3.35. The number of esters is 2. The molecule has 6 heteroatoms. The third-order valence-corrected chi connectivity index (χ3v) is 6.11. The molecule has 3 rings (SSSR count). The molecule has 0 radical (unpaired) electrons. The van der Waals surface area contributed by atoms with Gasteiger partial charge in [0.25, 0.3) is 0 Å². The molecule has 1 aliphatic heterocycles. The van der Waals surface area contributed by atoms with Crippen molar-refractivity contribution < 1.29 is 23.9 Å². The first kappa shape index (κ1) is 18.1. The second-order valence-corrected chi connectivity index (χ2v) is 8.03. The lowest BCUT2D eigenvalue weighted by Crippen LogP contribution is -2.40. The zero-order valence-corrected chi connectivity index (χ0v) is 16.3. The molecule has 0 aromatic heterocycles. The second-order valence-electron chi connectivity index (χ2n) is 7.12. The van der Waals surface area contributed by atoms with E-state index < -0.39 is 34.3 Å². The number of Topliss-reactive ketones (excluding diaryl/α,β-unsaturated/α-hetero) is 1. The zero-order valence-electron chi connectivity index (χ0n) is 14.7. The van der Waals surface area contributed by atoms with Crippen molar-refractivity contribution in [3.63, 3.8) is 0 Å². The fourth-order valence-corrected chi connectivity index (χ4v) is 5.03. The van der Waals surface area contributed by atoms with Crippen LogP contribution >= 0.6 is 15.9 Å². The summed E-state index contributed by atoms with van der Waals surface area (Å²) in [6.45, 7) is 7.17. The highest BCUT2D eigenvalue weighted by molar-refractivity contribution is 9.10. The van der Waals surface area contributed by atoms with Crippen LogP contribution in [0.2, 0.25) is 0 Å². The van der Waals surface area contributed by atoms with Crippen LogP contribution in [0.4, 0.5) is 0 Å². The number of rotatable bonds is 5. The van der Waals surface area contributed by atoms with Gasteiger partial charge in [0.15, 0.2) is 11.2 Å². The van der Waals surface area contributed by atoms with E-state index >= 15 is 0 Å². The van der Waals surface area contributed by atoms with E-state index in [0.29, 0.717) is 12.0 Å². The number of hydrogen-bond acceptors (Lipinski definition) is 5. The zero-order chi connectivity index (χ0) is 18.6. The molecule has 2 aliphatic rings. The Morgan fingerprint density at radius 3 is 2.32 bits per heavy atom. The van der Waals surface area contributed by atoms with Gasteiger partial charge in [0.1, 0.15) is 5.60 Å². The van der Waals surface area contributed by atoms with Crippen LogP contribution in [-0.4, -0.2) is 29.9 Å². The van der Waals surface area contributed by atoms with Gasteiger partial charge >= 0.3 is 11.9 Å². The maximum Gasteiger partial charge on any atom is 0.325 e. The lowest BCUT2D eigenvalue weighted by atomic mass is 9.81. The van der Waals surface area contributed by atoms with Gasteiger partial charge < -0.3 is 9.47 Å². The number of fused-ring (bicyclic) bond motifs is 1. The molecule has 1 aliphatic carbocycles. The molecule has 0 N–H and O–H groups in total. The third-order valence-electron chi connectivity index (χ3n) is 5.59. The number of benzene rings is 1. The monoisotopic (exact) mass is 408 g/mol. The first-order chi connectivity index (χ1) is 11.7. The molecule has 0 unspecified atom stereocenters. The van der Waals surface area contributed by atoms with E-state index in [4.69, 9.17) is 9.47 Å². The summed E-state index contributed by atoms with van der Waals surface area (Å²) in [4.78, 5) is 38.9. The van der Waals surface area contributed by atoms with Crippen molar-refractivity contribution in [1.29, 1.82) is 0 Å². The normalized spacial score (nSPS) is 31.9. The smallest absolute Gasteiger partial charge is 0.325 e. The number of ether oxygens (including phenoxy) is 2. The van der Waals surface area contributed by atoms with E-state index in [1.807, 2.05) is 6.92 Å². The van der Waals surface area contributed by atoms with E-state index in [2.05, 4.69) is 15.9 Å². The third kappa shape index (κ3) is 2.09. The summed E-state index contributed by atoms with van der Waals surface area (Å²) in [5.41, 5.74) is -3.07. The number of hydrogen-bond donors (Lipinski definition) is 0. The van der Waals surface area contributed by atoms with Crippen LogP contribution in [0.5, 0.6) is 0 Å². The van der Waals surface area contributed by atoms with Gasteiger partial charge in [-0.05, 0) is 39.3 Å². The van der Waals surface area contributed by atoms with Crippen molar-refractivity contribution in [2.75, 3.05) is 6.61 Å². The van der Waals surface area contributed by atoms with Crippen LogP contribution in [0.1, 0.15) is 44.5 Å². The molecule has 5 nitrogen and oxygen atoms in total. The van der Waals surface area contributed by atoms with Crippen molar-refractivity contribution in [2.45, 2.75) is 39.7 Å². The van der Waals surface area contributed by atoms with Gasteiger partial charge in [-0.25, -0.2) is 0 Å². The van der Waals surface area contributed by atoms with Gasteiger partial charge in [-0.15, -0.1) is 0 Å². The molecule has 1 saturated heterocycles. The lowest BCUT2D eigenvalue weighted by molar-refractivity contribution is -0.166. The molecule has 0 bridgehead atoms. The van der Waals surface area contributed by atoms with Gasteiger partial charge in [0, 0.05) is 16.0 Å². The van der Waals surface area contributed by atoms with Crippen LogP contribution in [0, 0.1) is 16.7 Å². The summed E-state index contributed by atoms with van der Waals surface area (Å²) in [6.07, 6.45) is 0.365. The molecule has 134 valence electrons. The Morgan fingerprint density at radius 1 is 1.20 bits per heavy atom. The van der Waals surface area contributed by atoms with Gasteiger partial charge in [-0.2, -0.15) is 0 Å². The molecule has 1 aromatic rings. The largest absolute Gasteiger partial charge is 0.465 e. The van der Waals surface area contributed by atoms with Gasteiger partial charge in [0.2, 0.25) is 0 Å². The Kier molecular flexibility index (Phi) is 4.10. The van der Waals surface area contributed by atoms with E-state index in [1.54, 1.807) is 45.0 Å². The quantitative estimate of drug-likeness (QED) is 0.423. The van der Waals surface area contributed by atoms with E-state index in [0.717, 1.165) is 4.47 Å². The van der Waals surface area contributed by atoms with Crippen molar-refractivity contribution in [3.05, 3.63) is 34.3 Å². The van der Waals surface area contributed by atoms with Crippen LogP contribution < -0.4 is 0 Å². The Balaban J connectivity index is 2.14. The SMILES string of the molecule is CCOC(=O)[C@]12C(=O)OC(C)(C)[C@@H]1[C@@]2(CC)C(=O)c1ccc(Br)cc1. The topological polar surface area (TPSA) is 69.7 Å². The van der Waals surface area contributed by atoms with Crippen LogP contribution in [0.3, 0.4) is 0 Å². The number of carbonyl (C=O) groups is 3. The minimum absolute atomic E-state index is 0.146. The summed E-state index contributed by atoms with van der Waals surface area (Å²) in [7, 11) is 0. The predicted molar refractivity (Wildman–Crippen MR) is 93.9 cm³/mol. The molecule has 0 spiro atoms. The average molecular weight is 409 g/mol. The first-order valence-corrected chi connectivity index (χ1v) is 9.20. The molecule has 25 heavy (non-hydrogen) atoms. The summed E-state index contributed by atoms with van der Waals surface area (Å²) < 4.78 is 11.5. The fourth-order valence-electron chi connectivity index (χ4n) is 4.77. The summed E-state index contributed by atoms with van der Waals surface area (Å²) in [5, 5.41) is 0. The first-order valence-electron chi connectivity index (χ1n) is 8.41. The molecule has 3 atom stereocenters. The average Bonchev–Trinajstić information content (AvgIpc) is 3.15. The molecule has 2 fully saturated rings. The highest BCUT2D eigenvalue weighted by atomic mass is 79.9. The van der Waals surface area contributed by atoms with Crippen LogP contribution in [0.25, 0.3) is 0 Å². The van der Waals surface area contributed by atoms with Crippen molar-refractivity contribution in [2.24, 2.45) is 16.7 Å². The van der Waals surface area contributed by atoms with Crippen LogP contribution in [-0.2, 0) is 19.1 Å². The van der Waals surface area contributed by atoms with Gasteiger partial charge in [0.05, 0.1) is 12.0 Å². The Morgan fingerprint density at radius 2 is 1.80 bits per heavy atom. The van der Waals surface area contributed by atoms with Crippen molar-refractivity contribution >= 4 is 33.7 Å². The molecular weight excluding hydrogens is 388 g/mol. The highest BCUT2D eigenvalue weighted by Crippen LogP contribution is 2.80. The number of halogens is 1. The lowest BCUT2D eigenvalue weighted by Gasteiger charge is -2.28. The van der Waals surface area contributed by atoms with Crippen molar-refractivity contribution in [3.8, 4) is 0 Å². The van der Waals surface area contributed by atoms with Gasteiger partial charge in [-0.1, -0.05) is 35.0 Å². The second kappa shape index (κ2) is 5.66. The van der Waals surface area contributed by atoms with Crippen LogP contribution in [0.15, 0.2) is 28.7 Å². The van der Waals surface area contributed by atoms with Crippen molar-refractivity contribution in [1.82, 2.24) is 0 Å². The summed E-state index contributed by atoms with van der Waals surface area (Å²) in [6, 6.07) is 6.95. The van der Waals surface area contributed by atoms with E-state index in [-0.39, 0.29) is 12.4 Å². The molecule has 1 saturated carbocycles. The summed E-state index contributed by atoms with van der Waals surface area (Å²) in [5.74, 6) is -2.03. The molecule has 0 amide bonds. The molecule has 1 aromatic carbocycles. The molecule has 1 heterocycles. The fraction of sp³-hybridized carbons (Fsp3) is 0.526. The molecular formula is C19H21BrO5. The van der Waals surface area contributed by atoms with E-state index in [1.165, 1.54) is 0 Å². The highest BCUT2D eigenvalue weighted by Gasteiger charge is 2.95. The minimum atomic E-state index is -1.54. The van der Waals surface area contributed by atoms with E-state index in [9.17, 15) is 14.4 Å².